The molecular formula is C18H33ClOSi. The molecule has 0 aliphatic heterocycles. The number of alkyl halides is 1. The van der Waals surface area contributed by atoms with Gasteiger partial charge in [-0.05, 0) is 44.8 Å². The number of hydrogen-bond acceptors (Lipinski definition) is 1. The first-order chi connectivity index (χ1) is 9.49. The summed E-state index contributed by atoms with van der Waals surface area (Å²) in [6.07, 6.45) is 8.16. The minimum atomic E-state index is -1.64. The van der Waals surface area contributed by atoms with E-state index in [1.54, 1.807) is 6.08 Å². The van der Waals surface area contributed by atoms with E-state index in [4.69, 9.17) is 16.0 Å². The van der Waals surface area contributed by atoms with Crippen LogP contribution in [-0.4, -0.2) is 20.3 Å². The second-order valence-electron chi connectivity index (χ2n) is 7.33. The Labute approximate surface area is 138 Å². The lowest BCUT2D eigenvalue weighted by atomic mass is 10.1. The third kappa shape index (κ3) is 8.65. The number of rotatable bonds is 8. The highest BCUT2D eigenvalue weighted by molar-refractivity contribution is 6.74. The number of halogens is 1. The number of hydrogen-bond donors (Lipinski definition) is 0. The lowest BCUT2D eigenvalue weighted by Crippen LogP contribution is -2.41. The molecule has 0 aliphatic carbocycles. The normalized spacial score (nSPS) is 16.0. The van der Waals surface area contributed by atoms with Gasteiger partial charge in [0.25, 0.3) is 0 Å². The van der Waals surface area contributed by atoms with Gasteiger partial charge in [-0.1, -0.05) is 50.1 Å². The Hall–Kier alpha value is -0.313. The van der Waals surface area contributed by atoms with E-state index in [-0.39, 0.29) is 10.4 Å². The Morgan fingerprint density at radius 3 is 2.29 bits per heavy atom. The zero-order chi connectivity index (χ0) is 16.7. The van der Waals surface area contributed by atoms with Gasteiger partial charge in [-0.3, -0.25) is 0 Å². The highest BCUT2D eigenvalue weighted by atomic mass is 35.5. The van der Waals surface area contributed by atoms with E-state index in [9.17, 15) is 0 Å². The van der Waals surface area contributed by atoms with Crippen LogP contribution in [0, 0.1) is 0 Å². The van der Waals surface area contributed by atoms with Crippen molar-refractivity contribution in [2.45, 2.75) is 71.0 Å². The molecule has 0 aromatic rings. The second-order valence-corrected chi connectivity index (χ2v) is 12.6. The summed E-state index contributed by atoms with van der Waals surface area (Å²) in [5.41, 5.74) is 2.63. The van der Waals surface area contributed by atoms with Crippen LogP contribution in [-0.2, 0) is 4.43 Å². The van der Waals surface area contributed by atoms with Crippen LogP contribution in [0.1, 0.15) is 47.5 Å². The first-order valence-corrected chi connectivity index (χ1v) is 11.1. The van der Waals surface area contributed by atoms with Crippen molar-refractivity contribution >= 4 is 19.9 Å². The second kappa shape index (κ2) is 8.97. The van der Waals surface area contributed by atoms with E-state index in [0.29, 0.717) is 0 Å². The van der Waals surface area contributed by atoms with Gasteiger partial charge in [0.15, 0.2) is 8.32 Å². The Morgan fingerprint density at radius 2 is 1.81 bits per heavy atom. The smallest absolute Gasteiger partial charge is 0.192 e. The Balaban J connectivity index is 4.28. The van der Waals surface area contributed by atoms with Crippen molar-refractivity contribution in [3.05, 3.63) is 36.0 Å². The number of allylic oxidation sites excluding steroid dienone is 4. The molecule has 0 N–H and O–H groups in total. The van der Waals surface area contributed by atoms with Gasteiger partial charge >= 0.3 is 0 Å². The fraction of sp³-hybridized carbons (Fsp3) is 0.667. The predicted octanol–water partition coefficient (Wildman–Crippen LogP) is 6.47. The minimum Gasteiger partial charge on any atom is -0.413 e. The topological polar surface area (TPSA) is 9.23 Å². The zero-order valence-corrected chi connectivity index (χ0v) is 16.7. The summed E-state index contributed by atoms with van der Waals surface area (Å²) >= 11 is 6.02. The van der Waals surface area contributed by atoms with E-state index in [1.807, 2.05) is 0 Å². The monoisotopic (exact) mass is 328 g/mol. The molecule has 0 aliphatic rings. The van der Waals surface area contributed by atoms with E-state index < -0.39 is 8.32 Å². The fourth-order valence-electron chi connectivity index (χ4n) is 1.54. The van der Waals surface area contributed by atoms with Crippen molar-refractivity contribution in [1.82, 2.24) is 0 Å². The standard InChI is InChI=1S/C18H33ClOSi/c1-9-17(19)13-15(2)11-10-12-16(3)14-20-21(7,8)18(4,5)6/h9,12-13,17H,1,10-11,14H2,2-8H3/b15-13+,16-12+. The van der Waals surface area contributed by atoms with E-state index >= 15 is 0 Å². The summed E-state index contributed by atoms with van der Waals surface area (Å²) in [4.78, 5) is 0. The molecule has 0 fully saturated rings. The van der Waals surface area contributed by atoms with Crippen molar-refractivity contribution in [1.29, 1.82) is 0 Å². The van der Waals surface area contributed by atoms with Crippen molar-refractivity contribution in [2.24, 2.45) is 0 Å². The molecule has 0 rings (SSSR count). The van der Waals surface area contributed by atoms with Gasteiger partial charge in [0.2, 0.25) is 0 Å². The SMILES string of the molecule is C=CC(Cl)/C=C(\C)CC/C=C(\C)CO[Si](C)(C)C(C)(C)C. The van der Waals surface area contributed by atoms with Crippen molar-refractivity contribution < 1.29 is 4.43 Å². The van der Waals surface area contributed by atoms with Gasteiger partial charge in [0, 0.05) is 0 Å². The molecule has 0 spiro atoms. The third-order valence-electron chi connectivity index (χ3n) is 4.17. The maximum atomic E-state index is 6.22. The lowest BCUT2D eigenvalue weighted by Gasteiger charge is -2.36. The van der Waals surface area contributed by atoms with Gasteiger partial charge in [-0.2, -0.15) is 0 Å². The Kier molecular flexibility index (Phi) is 8.83. The van der Waals surface area contributed by atoms with Crippen molar-refractivity contribution in [2.75, 3.05) is 6.61 Å². The summed E-state index contributed by atoms with van der Waals surface area (Å²) in [6.45, 7) is 20.1. The highest BCUT2D eigenvalue weighted by Gasteiger charge is 2.36. The molecule has 1 atom stereocenters. The first-order valence-electron chi connectivity index (χ1n) is 7.73. The minimum absolute atomic E-state index is 0.0583. The van der Waals surface area contributed by atoms with Crippen LogP contribution in [0.4, 0.5) is 0 Å². The molecule has 0 radical (unpaired) electrons. The molecule has 0 amide bonds. The maximum absolute atomic E-state index is 6.22. The average Bonchev–Trinajstić information content (AvgIpc) is 2.34. The Morgan fingerprint density at radius 1 is 1.24 bits per heavy atom. The molecule has 122 valence electrons. The van der Waals surface area contributed by atoms with Crippen LogP contribution in [0.15, 0.2) is 36.0 Å². The fourth-order valence-corrected chi connectivity index (χ4v) is 2.78. The third-order valence-corrected chi connectivity index (χ3v) is 8.95. The molecule has 1 nitrogen and oxygen atoms in total. The van der Waals surface area contributed by atoms with E-state index in [0.717, 1.165) is 19.4 Å². The highest BCUT2D eigenvalue weighted by Crippen LogP contribution is 2.36. The molecule has 0 saturated carbocycles. The van der Waals surface area contributed by atoms with Crippen LogP contribution >= 0.6 is 11.6 Å². The quantitative estimate of drug-likeness (QED) is 0.281. The molecule has 0 heterocycles. The molecule has 21 heavy (non-hydrogen) atoms. The van der Waals surface area contributed by atoms with E-state index in [1.165, 1.54) is 11.1 Å². The molecule has 0 aromatic carbocycles. The van der Waals surface area contributed by atoms with Crippen LogP contribution in [0.5, 0.6) is 0 Å². The van der Waals surface area contributed by atoms with Crippen LogP contribution in [0.2, 0.25) is 18.1 Å². The summed E-state index contributed by atoms with van der Waals surface area (Å²) in [6, 6.07) is 0. The molecule has 1 unspecified atom stereocenters. The van der Waals surface area contributed by atoms with Crippen molar-refractivity contribution in [3.8, 4) is 0 Å². The molecule has 3 heteroatoms. The largest absolute Gasteiger partial charge is 0.413 e. The first kappa shape index (κ1) is 20.7. The van der Waals surface area contributed by atoms with Gasteiger partial charge in [0.1, 0.15) is 0 Å². The van der Waals surface area contributed by atoms with Crippen LogP contribution < -0.4 is 0 Å². The average molecular weight is 329 g/mol. The zero-order valence-electron chi connectivity index (χ0n) is 14.9. The molecule has 0 bridgehead atoms. The van der Waals surface area contributed by atoms with Crippen molar-refractivity contribution in [3.63, 3.8) is 0 Å². The Bertz CT molecular complexity index is 389. The lowest BCUT2D eigenvalue weighted by molar-refractivity contribution is 0.318. The van der Waals surface area contributed by atoms with Gasteiger partial charge in [-0.15, -0.1) is 18.2 Å². The van der Waals surface area contributed by atoms with Crippen LogP contribution in [0.25, 0.3) is 0 Å². The predicted molar refractivity (Wildman–Crippen MR) is 99.7 cm³/mol. The van der Waals surface area contributed by atoms with Gasteiger partial charge in [0.05, 0.1) is 12.0 Å². The van der Waals surface area contributed by atoms with E-state index in [2.05, 4.69) is 66.4 Å². The summed E-state index contributed by atoms with van der Waals surface area (Å²) in [5, 5.41) is 0.212. The molecule has 0 saturated heterocycles. The maximum Gasteiger partial charge on any atom is 0.192 e. The summed E-state index contributed by atoms with van der Waals surface area (Å²) < 4.78 is 6.22. The van der Waals surface area contributed by atoms with Gasteiger partial charge < -0.3 is 4.43 Å². The van der Waals surface area contributed by atoms with Crippen LogP contribution in [0.3, 0.4) is 0 Å². The molecular weight excluding hydrogens is 296 g/mol. The summed E-state index contributed by atoms with van der Waals surface area (Å²) in [7, 11) is -1.64. The molecule has 0 aromatic heterocycles. The van der Waals surface area contributed by atoms with Gasteiger partial charge in [-0.25, -0.2) is 0 Å². The summed E-state index contributed by atoms with van der Waals surface area (Å²) in [5.74, 6) is 0.